The van der Waals surface area contributed by atoms with E-state index >= 15 is 0 Å². The molecule has 7 heteroatoms. The van der Waals surface area contributed by atoms with Gasteiger partial charge in [0.15, 0.2) is 0 Å². The maximum atomic E-state index is 12.4. The van der Waals surface area contributed by atoms with Crippen molar-refractivity contribution in [1.82, 2.24) is 4.72 Å². The number of aryl methyl sites for hydroxylation is 1. The lowest BCUT2D eigenvalue weighted by molar-refractivity contribution is 0.173. The quantitative estimate of drug-likeness (QED) is 0.751. The number of hydrogen-bond acceptors (Lipinski definition) is 4. The Bertz CT molecular complexity index is 627. The van der Waals surface area contributed by atoms with Gasteiger partial charge < -0.3 is 10.5 Å². The Hall–Kier alpha value is -0.820. The molecule has 2 rings (SSSR count). The van der Waals surface area contributed by atoms with Crippen molar-refractivity contribution in [3.8, 4) is 0 Å². The summed E-state index contributed by atoms with van der Waals surface area (Å²) in [5.74, 6) is 0. The van der Waals surface area contributed by atoms with Gasteiger partial charge in [-0.3, -0.25) is 0 Å². The number of nitrogen functional groups attached to an aromatic ring is 1. The van der Waals surface area contributed by atoms with Gasteiger partial charge in [-0.05, 0) is 49.3 Å². The van der Waals surface area contributed by atoms with Crippen LogP contribution in [0.2, 0.25) is 5.02 Å². The zero-order chi connectivity index (χ0) is 15.7. The molecule has 0 spiro atoms. The molecule has 0 atom stereocenters. The molecule has 0 bridgehead atoms. The molecule has 21 heavy (non-hydrogen) atoms. The first-order chi connectivity index (χ1) is 9.80. The highest BCUT2D eigenvalue weighted by molar-refractivity contribution is 7.89. The molecule has 1 aromatic carbocycles. The third-order valence-electron chi connectivity index (χ3n) is 4.01. The number of ether oxygens (including phenoxy) is 1. The van der Waals surface area contributed by atoms with Crippen molar-refractivity contribution in [3.63, 3.8) is 0 Å². The van der Waals surface area contributed by atoms with Crippen LogP contribution in [0.4, 0.5) is 5.69 Å². The predicted octanol–water partition coefficient (Wildman–Crippen LogP) is 2.33. The lowest BCUT2D eigenvalue weighted by Gasteiger charge is -2.17. The smallest absolute Gasteiger partial charge is 0.240 e. The van der Waals surface area contributed by atoms with Crippen molar-refractivity contribution in [2.24, 2.45) is 5.41 Å². The van der Waals surface area contributed by atoms with Crippen LogP contribution in [0.5, 0.6) is 0 Å². The molecule has 1 saturated carbocycles. The van der Waals surface area contributed by atoms with Crippen LogP contribution in [0.25, 0.3) is 0 Å². The Morgan fingerprint density at radius 3 is 2.67 bits per heavy atom. The van der Waals surface area contributed by atoms with E-state index in [9.17, 15) is 8.42 Å². The minimum atomic E-state index is -3.58. The van der Waals surface area contributed by atoms with Crippen LogP contribution in [0, 0.1) is 12.3 Å². The summed E-state index contributed by atoms with van der Waals surface area (Å²) in [4.78, 5) is 0.187. The van der Waals surface area contributed by atoms with Crippen molar-refractivity contribution in [1.29, 1.82) is 0 Å². The van der Waals surface area contributed by atoms with Gasteiger partial charge in [0.1, 0.15) is 0 Å². The van der Waals surface area contributed by atoms with Crippen LogP contribution >= 0.6 is 11.6 Å². The molecule has 1 aliphatic rings. The van der Waals surface area contributed by atoms with Crippen LogP contribution in [0.1, 0.15) is 24.8 Å². The van der Waals surface area contributed by atoms with Gasteiger partial charge in [0.2, 0.25) is 10.0 Å². The molecule has 0 aliphatic heterocycles. The van der Waals surface area contributed by atoms with Crippen molar-refractivity contribution in [2.45, 2.75) is 31.1 Å². The van der Waals surface area contributed by atoms with E-state index in [0.717, 1.165) is 19.3 Å². The molecule has 0 amide bonds. The van der Waals surface area contributed by atoms with Gasteiger partial charge >= 0.3 is 0 Å². The Morgan fingerprint density at radius 1 is 1.43 bits per heavy atom. The Kier molecular flexibility index (Phi) is 4.82. The molecule has 0 radical (unpaired) electrons. The summed E-state index contributed by atoms with van der Waals surface area (Å²) in [6, 6.07) is 2.98. The summed E-state index contributed by atoms with van der Waals surface area (Å²) in [6.07, 6.45) is 2.93. The zero-order valence-electron chi connectivity index (χ0n) is 12.3. The van der Waals surface area contributed by atoms with Crippen LogP contribution in [0.3, 0.4) is 0 Å². The van der Waals surface area contributed by atoms with Crippen molar-refractivity contribution in [3.05, 3.63) is 22.7 Å². The SMILES string of the molecule is COCCC1(CNS(=O)(=O)c2cc(N)c(Cl)cc2C)CC1. The largest absolute Gasteiger partial charge is 0.397 e. The summed E-state index contributed by atoms with van der Waals surface area (Å²) >= 11 is 5.90. The average molecular weight is 333 g/mol. The van der Waals surface area contributed by atoms with E-state index in [-0.39, 0.29) is 16.0 Å². The summed E-state index contributed by atoms with van der Waals surface area (Å²) in [5.41, 5.74) is 6.61. The molecule has 3 N–H and O–H groups in total. The van der Waals surface area contributed by atoms with Gasteiger partial charge in [-0.2, -0.15) is 0 Å². The monoisotopic (exact) mass is 332 g/mol. The number of hydrogen-bond donors (Lipinski definition) is 2. The Balaban J connectivity index is 2.11. The number of methoxy groups -OCH3 is 1. The first-order valence-corrected chi connectivity index (χ1v) is 8.70. The molecule has 1 fully saturated rings. The van der Waals surface area contributed by atoms with Gasteiger partial charge in [0.05, 0.1) is 15.6 Å². The summed E-state index contributed by atoms with van der Waals surface area (Å²) < 4.78 is 32.6. The second-order valence-corrected chi connectivity index (χ2v) is 7.85. The zero-order valence-corrected chi connectivity index (χ0v) is 13.9. The molecule has 118 valence electrons. The molecule has 0 aromatic heterocycles. The highest BCUT2D eigenvalue weighted by Crippen LogP contribution is 2.48. The lowest BCUT2D eigenvalue weighted by Crippen LogP contribution is -2.31. The van der Waals surface area contributed by atoms with E-state index in [4.69, 9.17) is 22.1 Å². The number of benzene rings is 1. The summed E-state index contributed by atoms with van der Waals surface area (Å²) in [7, 11) is -1.93. The van der Waals surface area contributed by atoms with Gasteiger partial charge in [-0.15, -0.1) is 0 Å². The van der Waals surface area contributed by atoms with E-state index in [1.807, 2.05) is 0 Å². The molecular formula is C14H21ClN2O3S. The fraction of sp³-hybridized carbons (Fsp3) is 0.571. The third-order valence-corrected chi connectivity index (χ3v) is 5.89. The maximum absolute atomic E-state index is 12.4. The van der Waals surface area contributed by atoms with E-state index in [1.165, 1.54) is 6.07 Å². The fourth-order valence-corrected chi connectivity index (χ4v) is 3.93. The minimum Gasteiger partial charge on any atom is -0.397 e. The number of nitrogens with two attached hydrogens (primary N) is 1. The number of sulfonamides is 1. The molecule has 0 heterocycles. The topological polar surface area (TPSA) is 81.4 Å². The molecule has 1 aromatic rings. The first kappa shape index (κ1) is 16.5. The molecular weight excluding hydrogens is 312 g/mol. The average Bonchev–Trinajstić information content (AvgIpc) is 3.19. The van der Waals surface area contributed by atoms with Crippen LogP contribution in [-0.4, -0.2) is 28.7 Å². The van der Waals surface area contributed by atoms with Gasteiger partial charge in [-0.25, -0.2) is 13.1 Å². The van der Waals surface area contributed by atoms with Gasteiger partial charge in [0, 0.05) is 20.3 Å². The van der Waals surface area contributed by atoms with E-state index in [0.29, 0.717) is 23.7 Å². The minimum absolute atomic E-state index is 0.0506. The molecule has 5 nitrogen and oxygen atoms in total. The van der Waals surface area contributed by atoms with Crippen molar-refractivity contribution in [2.75, 3.05) is 26.0 Å². The molecule has 1 aliphatic carbocycles. The predicted molar refractivity (Wildman–Crippen MR) is 83.9 cm³/mol. The Labute approximate surface area is 130 Å². The third kappa shape index (κ3) is 3.88. The number of halogens is 1. The second-order valence-electron chi connectivity index (χ2n) is 5.71. The normalized spacial score (nSPS) is 16.9. The van der Waals surface area contributed by atoms with Crippen LogP contribution < -0.4 is 10.5 Å². The maximum Gasteiger partial charge on any atom is 0.240 e. The van der Waals surface area contributed by atoms with E-state index < -0.39 is 10.0 Å². The fourth-order valence-electron chi connectivity index (χ4n) is 2.29. The number of nitrogens with one attached hydrogen (secondary N) is 1. The van der Waals surface area contributed by atoms with E-state index in [1.54, 1.807) is 20.1 Å². The standard InChI is InChI=1S/C14H21ClN2O3S/c1-10-7-11(15)12(16)8-13(10)21(18,19)17-9-14(3-4-14)5-6-20-2/h7-8,17H,3-6,9,16H2,1-2H3. The van der Waals surface area contributed by atoms with Crippen LogP contribution in [0.15, 0.2) is 17.0 Å². The Morgan fingerprint density at radius 2 is 2.10 bits per heavy atom. The summed E-state index contributed by atoms with van der Waals surface area (Å²) in [6.45, 7) is 2.78. The molecule has 0 saturated heterocycles. The van der Waals surface area contributed by atoms with E-state index in [2.05, 4.69) is 4.72 Å². The van der Waals surface area contributed by atoms with Crippen LogP contribution in [-0.2, 0) is 14.8 Å². The molecule has 0 unspecified atom stereocenters. The number of anilines is 1. The van der Waals surface area contributed by atoms with Gasteiger partial charge in [0.25, 0.3) is 0 Å². The van der Waals surface area contributed by atoms with Crippen molar-refractivity contribution >= 4 is 27.3 Å². The highest BCUT2D eigenvalue weighted by Gasteiger charge is 2.42. The highest BCUT2D eigenvalue weighted by atomic mass is 35.5. The number of rotatable bonds is 7. The summed E-state index contributed by atoms with van der Waals surface area (Å²) in [5, 5.41) is 0.366. The van der Waals surface area contributed by atoms with Crippen molar-refractivity contribution < 1.29 is 13.2 Å². The second kappa shape index (κ2) is 6.12. The van der Waals surface area contributed by atoms with Gasteiger partial charge in [-0.1, -0.05) is 11.6 Å². The first-order valence-electron chi connectivity index (χ1n) is 6.84. The lowest BCUT2D eigenvalue weighted by atomic mass is 10.0.